The summed E-state index contributed by atoms with van der Waals surface area (Å²) in [4.78, 5) is 12.2. The molecular formula is C14H18FNO3S. The molecule has 4 nitrogen and oxygen atoms in total. The lowest BCUT2D eigenvalue weighted by Gasteiger charge is -2.20. The fourth-order valence-electron chi connectivity index (χ4n) is 1.90. The van der Waals surface area contributed by atoms with Gasteiger partial charge in [0.2, 0.25) is 5.91 Å². The zero-order valence-electron chi connectivity index (χ0n) is 11.1. The standard InChI is InChI=1S/C14H18FNO3S/c15-11-3-1-2-4-12(11)20-8-5-13(17)16-9-14(18)6-7-19-10-14/h1-4,18H,5-10H2,(H,16,17). The molecule has 1 aromatic carbocycles. The number of halogens is 1. The molecule has 0 saturated carbocycles. The summed E-state index contributed by atoms with van der Waals surface area (Å²) in [6, 6.07) is 6.49. The number of hydrogen-bond donors (Lipinski definition) is 2. The van der Waals surface area contributed by atoms with Crippen molar-refractivity contribution in [2.45, 2.75) is 23.3 Å². The van der Waals surface area contributed by atoms with Gasteiger partial charge in [0, 0.05) is 36.6 Å². The van der Waals surface area contributed by atoms with Crippen molar-refractivity contribution >= 4 is 17.7 Å². The van der Waals surface area contributed by atoms with Crippen molar-refractivity contribution in [3.8, 4) is 0 Å². The Balaban J connectivity index is 1.67. The molecule has 1 heterocycles. The third-order valence-electron chi connectivity index (χ3n) is 3.12. The van der Waals surface area contributed by atoms with Gasteiger partial charge in [-0.2, -0.15) is 0 Å². The second kappa shape index (κ2) is 7.06. The fourth-order valence-corrected chi connectivity index (χ4v) is 2.79. The molecular weight excluding hydrogens is 281 g/mol. The highest BCUT2D eigenvalue weighted by Crippen LogP contribution is 2.22. The number of ether oxygens (including phenoxy) is 1. The Labute approximate surface area is 121 Å². The van der Waals surface area contributed by atoms with Crippen molar-refractivity contribution < 1.29 is 19.0 Å². The molecule has 1 amide bonds. The molecule has 0 bridgehead atoms. The molecule has 0 spiro atoms. The molecule has 0 aliphatic carbocycles. The summed E-state index contributed by atoms with van der Waals surface area (Å²) in [5.74, 6) is 0.0892. The first kappa shape index (κ1) is 15.3. The Morgan fingerprint density at radius 3 is 3.00 bits per heavy atom. The molecule has 1 aliphatic heterocycles. The van der Waals surface area contributed by atoms with Crippen LogP contribution >= 0.6 is 11.8 Å². The van der Waals surface area contributed by atoms with Gasteiger partial charge in [-0.1, -0.05) is 12.1 Å². The predicted octanol–water partition coefficient (Wildman–Crippen LogP) is 1.58. The van der Waals surface area contributed by atoms with Gasteiger partial charge in [-0.25, -0.2) is 4.39 Å². The predicted molar refractivity (Wildman–Crippen MR) is 75.1 cm³/mol. The smallest absolute Gasteiger partial charge is 0.220 e. The zero-order valence-corrected chi connectivity index (χ0v) is 11.9. The van der Waals surface area contributed by atoms with Crippen LogP contribution in [0.2, 0.25) is 0 Å². The Kier molecular flexibility index (Phi) is 5.39. The van der Waals surface area contributed by atoms with Crippen LogP contribution in [-0.4, -0.2) is 42.1 Å². The average Bonchev–Trinajstić information content (AvgIpc) is 2.86. The van der Waals surface area contributed by atoms with Gasteiger partial charge in [0.05, 0.1) is 6.61 Å². The van der Waals surface area contributed by atoms with Crippen LogP contribution in [0.5, 0.6) is 0 Å². The highest BCUT2D eigenvalue weighted by atomic mass is 32.2. The number of amides is 1. The first-order chi connectivity index (χ1) is 9.59. The number of carbonyl (C=O) groups excluding carboxylic acids is 1. The lowest BCUT2D eigenvalue weighted by atomic mass is 10.0. The van der Waals surface area contributed by atoms with E-state index < -0.39 is 5.60 Å². The maximum Gasteiger partial charge on any atom is 0.220 e. The van der Waals surface area contributed by atoms with Crippen LogP contribution < -0.4 is 5.32 Å². The highest BCUT2D eigenvalue weighted by Gasteiger charge is 2.32. The molecule has 2 N–H and O–H groups in total. The van der Waals surface area contributed by atoms with Crippen molar-refractivity contribution in [3.63, 3.8) is 0 Å². The average molecular weight is 299 g/mol. The van der Waals surface area contributed by atoms with E-state index in [1.807, 2.05) is 0 Å². The van der Waals surface area contributed by atoms with Gasteiger partial charge in [0.25, 0.3) is 0 Å². The SMILES string of the molecule is O=C(CCSc1ccccc1F)NCC1(O)CCOC1. The zero-order chi connectivity index (χ0) is 14.4. The molecule has 2 rings (SSSR count). The van der Waals surface area contributed by atoms with Crippen LogP contribution in [0.15, 0.2) is 29.2 Å². The third kappa shape index (κ3) is 4.47. The first-order valence-electron chi connectivity index (χ1n) is 6.53. The quantitative estimate of drug-likeness (QED) is 0.783. The van der Waals surface area contributed by atoms with Crippen molar-refractivity contribution in [1.82, 2.24) is 5.32 Å². The van der Waals surface area contributed by atoms with Crippen LogP contribution in [0.1, 0.15) is 12.8 Å². The van der Waals surface area contributed by atoms with Crippen LogP contribution in [0.4, 0.5) is 4.39 Å². The molecule has 1 atom stereocenters. The van der Waals surface area contributed by atoms with Crippen LogP contribution in [0.3, 0.4) is 0 Å². The van der Waals surface area contributed by atoms with Crippen molar-refractivity contribution in [2.24, 2.45) is 0 Å². The lowest BCUT2D eigenvalue weighted by molar-refractivity contribution is -0.121. The summed E-state index contributed by atoms with van der Waals surface area (Å²) >= 11 is 1.31. The number of carbonyl (C=O) groups is 1. The van der Waals surface area contributed by atoms with Gasteiger partial charge in [-0.3, -0.25) is 4.79 Å². The molecule has 6 heteroatoms. The van der Waals surface area contributed by atoms with Crippen molar-refractivity contribution in [3.05, 3.63) is 30.1 Å². The van der Waals surface area contributed by atoms with Gasteiger partial charge < -0.3 is 15.2 Å². The van der Waals surface area contributed by atoms with E-state index in [2.05, 4.69) is 5.32 Å². The molecule has 1 aromatic rings. The maximum atomic E-state index is 13.3. The minimum absolute atomic E-state index is 0.144. The summed E-state index contributed by atoms with van der Waals surface area (Å²) < 4.78 is 18.4. The third-order valence-corrected chi connectivity index (χ3v) is 4.17. The monoisotopic (exact) mass is 299 g/mol. The lowest BCUT2D eigenvalue weighted by Crippen LogP contribution is -2.43. The second-order valence-electron chi connectivity index (χ2n) is 4.83. The Bertz CT molecular complexity index is 463. The number of nitrogens with one attached hydrogen (secondary N) is 1. The fraction of sp³-hybridized carbons (Fsp3) is 0.500. The van der Waals surface area contributed by atoms with Crippen LogP contribution in [-0.2, 0) is 9.53 Å². The summed E-state index contributed by atoms with van der Waals surface area (Å²) in [5.41, 5.74) is -0.936. The van der Waals surface area contributed by atoms with E-state index in [1.54, 1.807) is 18.2 Å². The molecule has 0 aromatic heterocycles. The van der Waals surface area contributed by atoms with Crippen LogP contribution in [0.25, 0.3) is 0 Å². The topological polar surface area (TPSA) is 58.6 Å². The highest BCUT2D eigenvalue weighted by molar-refractivity contribution is 7.99. The molecule has 1 fully saturated rings. The Hall–Kier alpha value is -1.11. The minimum atomic E-state index is -0.936. The van der Waals surface area contributed by atoms with Crippen LogP contribution in [0, 0.1) is 5.82 Å². The number of aliphatic hydroxyl groups is 1. The molecule has 1 aliphatic rings. The van der Waals surface area contributed by atoms with E-state index in [9.17, 15) is 14.3 Å². The van der Waals surface area contributed by atoms with Gasteiger partial charge >= 0.3 is 0 Å². The summed E-state index contributed by atoms with van der Waals surface area (Å²) in [6.45, 7) is 0.989. The van der Waals surface area contributed by atoms with E-state index in [4.69, 9.17) is 4.74 Å². The van der Waals surface area contributed by atoms with Crippen molar-refractivity contribution in [1.29, 1.82) is 0 Å². The minimum Gasteiger partial charge on any atom is -0.386 e. The summed E-state index contributed by atoms with van der Waals surface area (Å²) in [6.07, 6.45) is 0.827. The molecule has 1 saturated heterocycles. The molecule has 0 radical (unpaired) electrons. The van der Waals surface area contributed by atoms with Gasteiger partial charge in [0.1, 0.15) is 11.4 Å². The van der Waals surface area contributed by atoms with Gasteiger partial charge in [-0.05, 0) is 12.1 Å². The van der Waals surface area contributed by atoms with E-state index >= 15 is 0 Å². The number of hydrogen-bond acceptors (Lipinski definition) is 4. The first-order valence-corrected chi connectivity index (χ1v) is 7.52. The second-order valence-corrected chi connectivity index (χ2v) is 5.97. The Morgan fingerprint density at radius 2 is 2.30 bits per heavy atom. The summed E-state index contributed by atoms with van der Waals surface area (Å²) in [7, 11) is 0. The van der Waals surface area contributed by atoms with E-state index in [0.717, 1.165) is 0 Å². The molecule has 110 valence electrons. The largest absolute Gasteiger partial charge is 0.386 e. The molecule has 20 heavy (non-hydrogen) atoms. The summed E-state index contributed by atoms with van der Waals surface area (Å²) in [5, 5.41) is 12.7. The number of thioether (sulfide) groups is 1. The number of rotatable bonds is 6. The Morgan fingerprint density at radius 1 is 1.50 bits per heavy atom. The number of benzene rings is 1. The van der Waals surface area contributed by atoms with Gasteiger partial charge in [-0.15, -0.1) is 11.8 Å². The van der Waals surface area contributed by atoms with Crippen molar-refractivity contribution in [2.75, 3.05) is 25.5 Å². The van der Waals surface area contributed by atoms with E-state index in [-0.39, 0.29) is 31.3 Å². The van der Waals surface area contributed by atoms with E-state index in [0.29, 0.717) is 23.7 Å². The molecule has 1 unspecified atom stereocenters. The maximum absolute atomic E-state index is 13.3. The normalized spacial score (nSPS) is 21.9. The van der Waals surface area contributed by atoms with Gasteiger partial charge in [0.15, 0.2) is 0 Å². The van der Waals surface area contributed by atoms with E-state index in [1.165, 1.54) is 17.8 Å².